The number of nitrogens with one attached hydrogen (secondary N) is 2. The maximum absolute atomic E-state index is 13.2. The molecule has 0 aromatic heterocycles. The fraction of sp³-hybridized carbons (Fsp3) is 0.429. The number of hydrogen-bond acceptors (Lipinski definition) is 4. The highest BCUT2D eigenvalue weighted by Gasteiger charge is 2.23. The molecule has 1 aliphatic rings. The van der Waals surface area contributed by atoms with E-state index in [1.807, 2.05) is 11.8 Å². The molecule has 3 amide bonds. The van der Waals surface area contributed by atoms with Crippen LogP contribution in [0.1, 0.15) is 13.3 Å². The van der Waals surface area contributed by atoms with Crippen LogP contribution in [0.3, 0.4) is 0 Å². The van der Waals surface area contributed by atoms with Crippen LogP contribution in [0.2, 0.25) is 0 Å². The highest BCUT2D eigenvalue weighted by atomic mass is 19.1. The summed E-state index contributed by atoms with van der Waals surface area (Å²) in [6.07, 6.45) is 0.0676. The summed E-state index contributed by atoms with van der Waals surface area (Å²) in [5.41, 5.74) is 0.752. The van der Waals surface area contributed by atoms with E-state index in [2.05, 4.69) is 10.6 Å². The van der Waals surface area contributed by atoms with Crippen molar-refractivity contribution in [1.29, 1.82) is 0 Å². The molecule has 114 valence electrons. The molecule has 0 radical (unpaired) electrons. The Hall–Kier alpha value is -2.31. The largest absolute Gasteiger partial charge is 0.487 e. The number of carbonyl (C=O) groups excluding carboxylic acids is 2. The van der Waals surface area contributed by atoms with Crippen LogP contribution >= 0.6 is 0 Å². The van der Waals surface area contributed by atoms with Crippen LogP contribution in [0.5, 0.6) is 5.75 Å². The predicted octanol–water partition coefficient (Wildman–Crippen LogP) is 1.26. The Morgan fingerprint density at radius 1 is 1.48 bits per heavy atom. The van der Waals surface area contributed by atoms with Crippen LogP contribution in [0.15, 0.2) is 18.2 Å². The highest BCUT2D eigenvalue weighted by Crippen LogP contribution is 2.33. The van der Waals surface area contributed by atoms with Crippen molar-refractivity contribution < 1.29 is 18.7 Å². The molecule has 2 N–H and O–H groups in total. The van der Waals surface area contributed by atoms with E-state index in [4.69, 9.17) is 4.74 Å². The van der Waals surface area contributed by atoms with Crippen molar-refractivity contribution in [2.45, 2.75) is 19.4 Å². The number of urea groups is 1. The van der Waals surface area contributed by atoms with Crippen molar-refractivity contribution in [3.8, 4) is 5.75 Å². The van der Waals surface area contributed by atoms with Gasteiger partial charge in [-0.2, -0.15) is 0 Å². The Morgan fingerprint density at radius 2 is 2.24 bits per heavy atom. The van der Waals surface area contributed by atoms with Crippen molar-refractivity contribution in [2.24, 2.45) is 0 Å². The van der Waals surface area contributed by atoms with Crippen LogP contribution in [-0.2, 0) is 4.79 Å². The normalized spacial score (nSPS) is 16.7. The summed E-state index contributed by atoms with van der Waals surface area (Å²) >= 11 is 0. The van der Waals surface area contributed by atoms with E-state index in [-0.39, 0.29) is 24.2 Å². The minimum absolute atomic E-state index is 0.0960. The third kappa shape index (κ3) is 3.84. The zero-order valence-corrected chi connectivity index (χ0v) is 12.0. The number of halogens is 1. The predicted molar refractivity (Wildman–Crippen MR) is 75.9 cm³/mol. The number of hydrogen-bond donors (Lipinski definition) is 2. The van der Waals surface area contributed by atoms with Crippen LogP contribution < -0.4 is 20.3 Å². The maximum atomic E-state index is 13.2. The second-order valence-corrected chi connectivity index (χ2v) is 4.86. The summed E-state index contributed by atoms with van der Waals surface area (Å²) < 4.78 is 18.8. The Kier molecular flexibility index (Phi) is 4.62. The van der Waals surface area contributed by atoms with Crippen molar-refractivity contribution in [1.82, 2.24) is 10.6 Å². The quantitative estimate of drug-likeness (QED) is 0.880. The molecule has 0 bridgehead atoms. The third-order valence-electron chi connectivity index (χ3n) is 3.16. The van der Waals surface area contributed by atoms with Crippen molar-refractivity contribution >= 4 is 17.6 Å². The molecule has 7 heteroatoms. The summed E-state index contributed by atoms with van der Waals surface area (Å²) in [5.74, 6) is -0.252. The van der Waals surface area contributed by atoms with Gasteiger partial charge in [0.1, 0.15) is 17.7 Å². The molecule has 1 heterocycles. The van der Waals surface area contributed by atoms with Crippen molar-refractivity contribution in [3.05, 3.63) is 24.0 Å². The van der Waals surface area contributed by atoms with Gasteiger partial charge in [-0.3, -0.25) is 10.1 Å². The topological polar surface area (TPSA) is 70.7 Å². The first-order valence-electron chi connectivity index (χ1n) is 6.72. The van der Waals surface area contributed by atoms with Gasteiger partial charge in [0, 0.05) is 26.1 Å². The van der Waals surface area contributed by atoms with E-state index < -0.39 is 6.03 Å². The molecule has 0 saturated carbocycles. The minimum Gasteiger partial charge on any atom is -0.487 e. The smallest absolute Gasteiger partial charge is 0.321 e. The van der Waals surface area contributed by atoms with Gasteiger partial charge in [-0.05, 0) is 19.1 Å². The monoisotopic (exact) mass is 295 g/mol. The summed E-state index contributed by atoms with van der Waals surface area (Å²) in [7, 11) is 1.44. The van der Waals surface area contributed by atoms with Crippen LogP contribution in [0.25, 0.3) is 0 Å². The lowest BCUT2D eigenvalue weighted by atomic mass is 10.2. The Morgan fingerprint density at radius 3 is 2.95 bits per heavy atom. The number of nitrogens with zero attached hydrogens (tertiary/aromatic N) is 1. The highest BCUT2D eigenvalue weighted by molar-refractivity contribution is 5.94. The zero-order chi connectivity index (χ0) is 15.4. The van der Waals surface area contributed by atoms with Crippen LogP contribution in [0, 0.1) is 5.82 Å². The van der Waals surface area contributed by atoms with Gasteiger partial charge in [0.05, 0.1) is 12.2 Å². The van der Waals surface area contributed by atoms with Gasteiger partial charge in [0.15, 0.2) is 0 Å². The van der Waals surface area contributed by atoms with Gasteiger partial charge in [-0.1, -0.05) is 0 Å². The summed E-state index contributed by atoms with van der Waals surface area (Å²) in [6.45, 7) is 2.91. The number of rotatable bonds is 3. The average Bonchev–Trinajstić information content (AvgIpc) is 2.43. The number of anilines is 1. The van der Waals surface area contributed by atoms with Crippen LogP contribution in [0.4, 0.5) is 14.9 Å². The van der Waals surface area contributed by atoms with Gasteiger partial charge in [-0.25, -0.2) is 9.18 Å². The average molecular weight is 295 g/mol. The number of benzene rings is 1. The first kappa shape index (κ1) is 15.1. The lowest BCUT2D eigenvalue weighted by Gasteiger charge is -2.34. The molecule has 6 nitrogen and oxygen atoms in total. The molecule has 0 aliphatic carbocycles. The van der Waals surface area contributed by atoms with Gasteiger partial charge < -0.3 is 15.0 Å². The third-order valence-corrected chi connectivity index (χ3v) is 3.16. The molecule has 1 aromatic rings. The van der Waals surface area contributed by atoms with E-state index in [1.54, 1.807) is 6.07 Å². The Balaban J connectivity index is 2.01. The number of fused-ring (bicyclic) bond motifs is 1. The number of amides is 3. The van der Waals surface area contributed by atoms with Gasteiger partial charge in [0.2, 0.25) is 5.91 Å². The Bertz CT molecular complexity index is 550. The van der Waals surface area contributed by atoms with Gasteiger partial charge in [0.25, 0.3) is 0 Å². The fourth-order valence-corrected chi connectivity index (χ4v) is 2.21. The molecule has 0 fully saturated rings. The van der Waals surface area contributed by atoms with Gasteiger partial charge >= 0.3 is 6.03 Å². The molecular formula is C14H18FN3O3. The number of ether oxygens (including phenoxy) is 1. The standard InChI is InChI=1S/C14H18FN3O3/c1-9-8-18(6-5-13(19)17-14(20)16-2)11-4-3-10(15)7-12(11)21-9/h3-4,7,9H,5-6,8H2,1-2H3,(H2,16,17,19,20). The number of imide groups is 1. The zero-order valence-electron chi connectivity index (χ0n) is 12.0. The molecular weight excluding hydrogens is 277 g/mol. The van der Waals surface area contributed by atoms with Crippen LogP contribution in [-0.4, -0.2) is 38.2 Å². The minimum atomic E-state index is -0.530. The summed E-state index contributed by atoms with van der Waals surface area (Å²) in [4.78, 5) is 24.6. The van der Waals surface area contributed by atoms with Crippen molar-refractivity contribution in [2.75, 3.05) is 25.0 Å². The van der Waals surface area contributed by atoms with E-state index in [9.17, 15) is 14.0 Å². The first-order valence-corrected chi connectivity index (χ1v) is 6.72. The summed E-state index contributed by atoms with van der Waals surface area (Å²) in [5, 5.41) is 4.52. The lowest BCUT2D eigenvalue weighted by Crippen LogP contribution is -2.42. The summed E-state index contributed by atoms with van der Waals surface area (Å²) in [6, 6.07) is 3.80. The first-order chi connectivity index (χ1) is 9.99. The van der Waals surface area contributed by atoms with Crippen molar-refractivity contribution in [3.63, 3.8) is 0 Å². The molecule has 2 rings (SSSR count). The SMILES string of the molecule is CNC(=O)NC(=O)CCN1CC(C)Oc2cc(F)ccc21. The second-order valence-electron chi connectivity index (χ2n) is 4.86. The van der Waals surface area contributed by atoms with E-state index in [0.717, 1.165) is 5.69 Å². The number of carbonyl (C=O) groups is 2. The molecule has 1 aliphatic heterocycles. The lowest BCUT2D eigenvalue weighted by molar-refractivity contribution is -0.119. The van der Waals surface area contributed by atoms with E-state index in [0.29, 0.717) is 18.8 Å². The molecule has 1 unspecified atom stereocenters. The van der Waals surface area contributed by atoms with Gasteiger partial charge in [-0.15, -0.1) is 0 Å². The fourth-order valence-electron chi connectivity index (χ4n) is 2.21. The molecule has 1 aromatic carbocycles. The molecule has 21 heavy (non-hydrogen) atoms. The molecule has 1 atom stereocenters. The second kappa shape index (κ2) is 6.43. The Labute approximate surface area is 122 Å². The van der Waals surface area contributed by atoms with E-state index >= 15 is 0 Å². The maximum Gasteiger partial charge on any atom is 0.321 e. The molecule has 0 spiro atoms. The van der Waals surface area contributed by atoms with E-state index in [1.165, 1.54) is 19.2 Å². The molecule has 0 saturated heterocycles.